The van der Waals surface area contributed by atoms with Crippen LogP contribution in [0.3, 0.4) is 0 Å². The molecule has 0 saturated heterocycles. The molecule has 0 unspecified atom stereocenters. The maximum Gasteiger partial charge on any atom is 0.419 e. The van der Waals surface area contributed by atoms with Crippen LogP contribution in [0.5, 0.6) is 0 Å². The SMILES string of the molecule is CCn1c(=O)oc2cc(S(=O)(=O)Nc3c(C)cccc3C)ccc21. The zero-order valence-corrected chi connectivity index (χ0v) is 14.5. The van der Waals surface area contributed by atoms with Crippen molar-refractivity contribution in [3.05, 3.63) is 58.1 Å². The van der Waals surface area contributed by atoms with Crippen LogP contribution in [0.15, 0.2) is 50.5 Å². The van der Waals surface area contributed by atoms with Crippen molar-refractivity contribution in [1.29, 1.82) is 0 Å². The van der Waals surface area contributed by atoms with Gasteiger partial charge in [-0.3, -0.25) is 9.29 Å². The molecule has 3 rings (SSSR count). The first-order chi connectivity index (χ1) is 11.3. The number of fused-ring (bicyclic) bond motifs is 1. The normalized spacial score (nSPS) is 11.8. The molecule has 1 aromatic heterocycles. The van der Waals surface area contributed by atoms with E-state index in [-0.39, 0.29) is 10.5 Å². The molecule has 2 aromatic carbocycles. The number of oxazole rings is 1. The summed E-state index contributed by atoms with van der Waals surface area (Å²) in [6, 6.07) is 9.99. The molecule has 3 aromatic rings. The fourth-order valence-corrected chi connectivity index (χ4v) is 3.90. The van der Waals surface area contributed by atoms with E-state index in [4.69, 9.17) is 4.42 Å². The standard InChI is InChI=1S/C17H18N2O4S/c1-4-19-14-9-8-13(10-15(14)23-17(19)20)24(21,22)18-16-11(2)6-5-7-12(16)3/h5-10,18H,4H2,1-3H3. The summed E-state index contributed by atoms with van der Waals surface area (Å²) in [6.45, 7) is 5.96. The maximum atomic E-state index is 12.7. The average molecular weight is 346 g/mol. The van der Waals surface area contributed by atoms with E-state index in [1.807, 2.05) is 39.0 Å². The number of nitrogens with zero attached hydrogens (tertiary/aromatic N) is 1. The second-order valence-corrected chi connectivity index (χ2v) is 7.30. The van der Waals surface area contributed by atoms with Crippen molar-refractivity contribution in [1.82, 2.24) is 4.57 Å². The molecule has 0 aliphatic rings. The first-order valence-electron chi connectivity index (χ1n) is 7.56. The van der Waals surface area contributed by atoms with Crippen LogP contribution in [-0.2, 0) is 16.6 Å². The van der Waals surface area contributed by atoms with Crippen LogP contribution < -0.4 is 10.5 Å². The molecular weight excluding hydrogens is 328 g/mol. The minimum atomic E-state index is -3.78. The number of para-hydroxylation sites is 1. The number of aryl methyl sites for hydroxylation is 3. The molecule has 6 nitrogen and oxygen atoms in total. The monoisotopic (exact) mass is 346 g/mol. The third kappa shape index (κ3) is 2.71. The van der Waals surface area contributed by atoms with Crippen LogP contribution in [0, 0.1) is 13.8 Å². The van der Waals surface area contributed by atoms with Gasteiger partial charge < -0.3 is 4.42 Å². The quantitative estimate of drug-likeness (QED) is 0.787. The number of rotatable bonds is 4. The number of aromatic nitrogens is 1. The second kappa shape index (κ2) is 5.83. The Hall–Kier alpha value is -2.54. The molecule has 7 heteroatoms. The third-order valence-electron chi connectivity index (χ3n) is 3.98. The lowest BCUT2D eigenvalue weighted by atomic mass is 10.1. The van der Waals surface area contributed by atoms with E-state index in [1.165, 1.54) is 16.7 Å². The summed E-state index contributed by atoms with van der Waals surface area (Å²) >= 11 is 0. The van der Waals surface area contributed by atoms with E-state index >= 15 is 0 Å². The molecule has 0 aliphatic heterocycles. The number of anilines is 1. The Balaban J connectivity index is 2.07. The van der Waals surface area contributed by atoms with Crippen LogP contribution in [0.2, 0.25) is 0 Å². The molecule has 1 heterocycles. The summed E-state index contributed by atoms with van der Waals surface area (Å²) in [4.78, 5) is 11.8. The molecule has 0 fully saturated rings. The van der Waals surface area contributed by atoms with E-state index in [9.17, 15) is 13.2 Å². The number of sulfonamides is 1. The predicted molar refractivity (Wildman–Crippen MR) is 92.9 cm³/mol. The molecular formula is C17H18N2O4S. The van der Waals surface area contributed by atoms with Crippen molar-refractivity contribution in [2.45, 2.75) is 32.2 Å². The molecule has 1 N–H and O–H groups in total. The van der Waals surface area contributed by atoms with Crippen molar-refractivity contribution < 1.29 is 12.8 Å². The minimum Gasteiger partial charge on any atom is -0.408 e. The van der Waals surface area contributed by atoms with Gasteiger partial charge in [0.25, 0.3) is 10.0 Å². The molecule has 0 spiro atoms. The zero-order chi connectivity index (χ0) is 17.5. The fourth-order valence-electron chi connectivity index (χ4n) is 2.68. The van der Waals surface area contributed by atoms with E-state index in [0.29, 0.717) is 17.7 Å². The Bertz CT molecular complexity index is 1060. The van der Waals surface area contributed by atoms with Crippen molar-refractivity contribution in [2.24, 2.45) is 0 Å². The highest BCUT2D eigenvalue weighted by Gasteiger charge is 2.19. The van der Waals surface area contributed by atoms with Gasteiger partial charge >= 0.3 is 5.76 Å². The van der Waals surface area contributed by atoms with E-state index in [1.54, 1.807) is 6.07 Å². The molecule has 0 radical (unpaired) electrons. The highest BCUT2D eigenvalue weighted by Crippen LogP contribution is 2.25. The average Bonchev–Trinajstić information content (AvgIpc) is 2.85. The minimum absolute atomic E-state index is 0.0506. The predicted octanol–water partition coefficient (Wildman–Crippen LogP) is 3.03. The van der Waals surface area contributed by atoms with E-state index in [2.05, 4.69) is 4.72 Å². The molecule has 0 aliphatic carbocycles. The smallest absolute Gasteiger partial charge is 0.408 e. The Morgan fingerprint density at radius 3 is 2.42 bits per heavy atom. The maximum absolute atomic E-state index is 12.7. The van der Waals surface area contributed by atoms with Gasteiger partial charge in [0, 0.05) is 12.6 Å². The molecule has 0 atom stereocenters. The zero-order valence-electron chi connectivity index (χ0n) is 13.7. The van der Waals surface area contributed by atoms with Crippen LogP contribution in [-0.4, -0.2) is 13.0 Å². The Labute approximate surface area is 139 Å². The summed E-state index contributed by atoms with van der Waals surface area (Å²) in [6.07, 6.45) is 0. The lowest BCUT2D eigenvalue weighted by molar-refractivity contribution is 0.512. The summed E-state index contributed by atoms with van der Waals surface area (Å²) < 4.78 is 34.6. The van der Waals surface area contributed by atoms with Gasteiger partial charge in [-0.1, -0.05) is 18.2 Å². The van der Waals surface area contributed by atoms with Gasteiger partial charge in [0.15, 0.2) is 5.58 Å². The van der Waals surface area contributed by atoms with E-state index < -0.39 is 15.8 Å². The Kier molecular flexibility index (Phi) is 3.96. The first kappa shape index (κ1) is 16.3. The van der Waals surface area contributed by atoms with Crippen LogP contribution in [0.4, 0.5) is 5.69 Å². The van der Waals surface area contributed by atoms with Gasteiger partial charge in [0.05, 0.1) is 16.1 Å². The first-order valence-corrected chi connectivity index (χ1v) is 9.04. The summed E-state index contributed by atoms with van der Waals surface area (Å²) in [5.41, 5.74) is 3.07. The number of nitrogens with one attached hydrogen (secondary N) is 1. The van der Waals surface area contributed by atoms with Crippen LogP contribution in [0.25, 0.3) is 11.1 Å². The Morgan fingerprint density at radius 1 is 1.12 bits per heavy atom. The topological polar surface area (TPSA) is 81.3 Å². The third-order valence-corrected chi connectivity index (χ3v) is 5.33. The number of benzene rings is 2. The number of hydrogen-bond donors (Lipinski definition) is 1. The van der Waals surface area contributed by atoms with Crippen molar-refractivity contribution in [3.63, 3.8) is 0 Å². The van der Waals surface area contributed by atoms with Gasteiger partial charge in [0.1, 0.15) is 0 Å². The lowest BCUT2D eigenvalue weighted by Crippen LogP contribution is -2.14. The highest BCUT2D eigenvalue weighted by atomic mass is 32.2. The van der Waals surface area contributed by atoms with Crippen molar-refractivity contribution >= 4 is 26.8 Å². The second-order valence-electron chi connectivity index (χ2n) is 5.61. The van der Waals surface area contributed by atoms with Gasteiger partial charge in [-0.15, -0.1) is 0 Å². The van der Waals surface area contributed by atoms with Crippen LogP contribution in [0.1, 0.15) is 18.1 Å². The van der Waals surface area contributed by atoms with Crippen LogP contribution >= 0.6 is 0 Å². The largest absolute Gasteiger partial charge is 0.419 e. The molecule has 126 valence electrons. The molecule has 0 amide bonds. The summed E-state index contributed by atoms with van der Waals surface area (Å²) in [5, 5.41) is 0. The van der Waals surface area contributed by atoms with Crippen molar-refractivity contribution in [2.75, 3.05) is 4.72 Å². The van der Waals surface area contributed by atoms with Gasteiger partial charge in [-0.2, -0.15) is 0 Å². The molecule has 0 bridgehead atoms. The van der Waals surface area contributed by atoms with Crippen molar-refractivity contribution in [3.8, 4) is 0 Å². The van der Waals surface area contributed by atoms with E-state index in [0.717, 1.165) is 11.1 Å². The highest BCUT2D eigenvalue weighted by molar-refractivity contribution is 7.92. The fraction of sp³-hybridized carbons (Fsp3) is 0.235. The number of hydrogen-bond acceptors (Lipinski definition) is 4. The molecule has 24 heavy (non-hydrogen) atoms. The lowest BCUT2D eigenvalue weighted by Gasteiger charge is -2.13. The summed E-state index contributed by atoms with van der Waals surface area (Å²) in [7, 11) is -3.78. The van der Waals surface area contributed by atoms with Gasteiger partial charge in [0.2, 0.25) is 0 Å². The van der Waals surface area contributed by atoms with Gasteiger partial charge in [-0.05, 0) is 44.0 Å². The van der Waals surface area contributed by atoms with Gasteiger partial charge in [-0.25, -0.2) is 13.2 Å². The molecule has 0 saturated carbocycles. The Morgan fingerprint density at radius 2 is 1.79 bits per heavy atom. The summed E-state index contributed by atoms with van der Waals surface area (Å²) in [5.74, 6) is -0.496.